The number of hydrogen-bond donors (Lipinski definition) is 1. The summed E-state index contributed by atoms with van der Waals surface area (Å²) in [4.78, 5) is 4.61. The minimum Gasteiger partial charge on any atom is -0.330 e. The summed E-state index contributed by atoms with van der Waals surface area (Å²) in [7, 11) is 1.97. The van der Waals surface area contributed by atoms with Crippen LogP contribution in [0, 0.1) is 0 Å². The Bertz CT molecular complexity index is 733. The van der Waals surface area contributed by atoms with Crippen molar-refractivity contribution < 1.29 is 0 Å². The molecule has 4 heteroatoms. The Morgan fingerprint density at radius 2 is 1.79 bits per heavy atom. The molecule has 0 spiro atoms. The van der Waals surface area contributed by atoms with Gasteiger partial charge in [0.1, 0.15) is 5.82 Å². The van der Waals surface area contributed by atoms with Crippen molar-refractivity contribution in [1.82, 2.24) is 9.55 Å². The van der Waals surface area contributed by atoms with Crippen LogP contribution in [0.4, 0.5) is 0 Å². The first-order valence-corrected chi connectivity index (χ1v) is 6.47. The summed E-state index contributed by atoms with van der Waals surface area (Å²) in [5, 5.41) is 0.669. The SMILES string of the molecule is Cn1c(C(N)c2ccccc2Cl)nc2ccccc21. The van der Waals surface area contributed by atoms with Crippen LogP contribution in [0.15, 0.2) is 48.5 Å². The van der Waals surface area contributed by atoms with E-state index in [2.05, 4.69) is 4.98 Å². The van der Waals surface area contributed by atoms with Crippen molar-refractivity contribution >= 4 is 22.6 Å². The van der Waals surface area contributed by atoms with E-state index in [1.165, 1.54) is 0 Å². The largest absolute Gasteiger partial charge is 0.330 e. The van der Waals surface area contributed by atoms with Crippen LogP contribution in [0.2, 0.25) is 5.02 Å². The molecule has 0 saturated heterocycles. The van der Waals surface area contributed by atoms with Gasteiger partial charge in [0, 0.05) is 12.1 Å². The molecule has 0 fully saturated rings. The molecule has 0 aliphatic rings. The van der Waals surface area contributed by atoms with E-state index in [1.807, 2.05) is 60.1 Å². The second-order valence-corrected chi connectivity index (χ2v) is 4.92. The summed E-state index contributed by atoms with van der Waals surface area (Å²) in [6.07, 6.45) is 0. The molecule has 3 aromatic rings. The van der Waals surface area contributed by atoms with Crippen molar-refractivity contribution in [2.45, 2.75) is 6.04 Å². The summed E-state index contributed by atoms with van der Waals surface area (Å²) in [6.45, 7) is 0. The Kier molecular flexibility index (Phi) is 3.01. The predicted molar refractivity (Wildman–Crippen MR) is 78.2 cm³/mol. The number of nitrogens with two attached hydrogens (primary N) is 1. The molecule has 1 aromatic heterocycles. The second-order valence-electron chi connectivity index (χ2n) is 4.52. The first-order valence-electron chi connectivity index (χ1n) is 6.10. The van der Waals surface area contributed by atoms with Crippen LogP contribution in [0.1, 0.15) is 17.4 Å². The summed E-state index contributed by atoms with van der Waals surface area (Å²) in [5.41, 5.74) is 9.22. The van der Waals surface area contributed by atoms with Gasteiger partial charge in [-0.2, -0.15) is 0 Å². The topological polar surface area (TPSA) is 43.8 Å². The molecule has 0 radical (unpaired) electrons. The predicted octanol–water partition coefficient (Wildman–Crippen LogP) is 3.27. The van der Waals surface area contributed by atoms with E-state index < -0.39 is 0 Å². The van der Waals surface area contributed by atoms with Crippen molar-refractivity contribution in [3.8, 4) is 0 Å². The van der Waals surface area contributed by atoms with Crippen molar-refractivity contribution in [3.05, 3.63) is 64.9 Å². The Hall–Kier alpha value is -1.84. The van der Waals surface area contributed by atoms with Crippen molar-refractivity contribution in [1.29, 1.82) is 0 Å². The number of rotatable bonds is 2. The van der Waals surface area contributed by atoms with Crippen molar-refractivity contribution in [2.24, 2.45) is 12.8 Å². The normalized spacial score (nSPS) is 12.8. The highest BCUT2D eigenvalue weighted by atomic mass is 35.5. The standard InChI is InChI=1S/C15H14ClN3/c1-19-13-9-5-4-8-12(13)18-15(19)14(17)10-6-2-3-7-11(10)16/h2-9,14H,17H2,1H3. The van der Waals surface area contributed by atoms with E-state index in [-0.39, 0.29) is 6.04 Å². The van der Waals surface area contributed by atoms with Crippen LogP contribution < -0.4 is 5.73 Å². The average molecular weight is 272 g/mol. The summed E-state index contributed by atoms with van der Waals surface area (Å²) >= 11 is 6.20. The average Bonchev–Trinajstić information content (AvgIpc) is 2.77. The number of aryl methyl sites for hydroxylation is 1. The lowest BCUT2D eigenvalue weighted by Crippen LogP contribution is -2.17. The molecule has 0 saturated carbocycles. The highest BCUT2D eigenvalue weighted by Crippen LogP contribution is 2.27. The van der Waals surface area contributed by atoms with E-state index in [0.717, 1.165) is 22.4 Å². The van der Waals surface area contributed by atoms with Crippen LogP contribution in [0.5, 0.6) is 0 Å². The van der Waals surface area contributed by atoms with Gasteiger partial charge in [-0.3, -0.25) is 0 Å². The van der Waals surface area contributed by atoms with E-state index in [4.69, 9.17) is 17.3 Å². The van der Waals surface area contributed by atoms with Gasteiger partial charge in [0.15, 0.2) is 0 Å². The molecule has 0 bridgehead atoms. The third kappa shape index (κ3) is 2.01. The molecule has 1 unspecified atom stereocenters. The number of benzene rings is 2. The van der Waals surface area contributed by atoms with Gasteiger partial charge in [0.05, 0.1) is 17.1 Å². The summed E-state index contributed by atoms with van der Waals surface area (Å²) in [5.74, 6) is 0.814. The zero-order chi connectivity index (χ0) is 13.4. The number of imidazole rings is 1. The smallest absolute Gasteiger partial charge is 0.131 e. The Balaban J connectivity index is 2.14. The van der Waals surface area contributed by atoms with Gasteiger partial charge in [-0.25, -0.2) is 4.98 Å². The Morgan fingerprint density at radius 3 is 2.53 bits per heavy atom. The lowest BCUT2D eigenvalue weighted by atomic mass is 10.1. The quantitative estimate of drug-likeness (QED) is 0.777. The molecule has 1 heterocycles. The lowest BCUT2D eigenvalue weighted by molar-refractivity contribution is 0.728. The number of fused-ring (bicyclic) bond motifs is 1. The van der Waals surface area contributed by atoms with E-state index >= 15 is 0 Å². The fourth-order valence-corrected chi connectivity index (χ4v) is 2.56. The number of hydrogen-bond acceptors (Lipinski definition) is 2. The molecule has 0 aliphatic carbocycles. The number of para-hydroxylation sites is 2. The van der Waals surface area contributed by atoms with Crippen LogP contribution >= 0.6 is 11.6 Å². The Morgan fingerprint density at radius 1 is 1.11 bits per heavy atom. The third-order valence-electron chi connectivity index (χ3n) is 3.34. The maximum absolute atomic E-state index is 6.31. The van der Waals surface area contributed by atoms with Gasteiger partial charge in [-0.15, -0.1) is 0 Å². The maximum Gasteiger partial charge on any atom is 0.131 e. The lowest BCUT2D eigenvalue weighted by Gasteiger charge is -2.13. The fourth-order valence-electron chi connectivity index (χ4n) is 2.31. The number of aromatic nitrogens is 2. The van der Waals surface area contributed by atoms with E-state index in [1.54, 1.807) is 0 Å². The fraction of sp³-hybridized carbons (Fsp3) is 0.133. The van der Waals surface area contributed by atoms with Crippen molar-refractivity contribution in [3.63, 3.8) is 0 Å². The molecule has 19 heavy (non-hydrogen) atoms. The second kappa shape index (κ2) is 4.68. The zero-order valence-corrected chi connectivity index (χ0v) is 11.3. The van der Waals surface area contributed by atoms with Crippen LogP contribution in [0.25, 0.3) is 11.0 Å². The third-order valence-corrected chi connectivity index (χ3v) is 3.68. The molecule has 0 amide bonds. The number of halogens is 1. The minimum atomic E-state index is -0.328. The highest BCUT2D eigenvalue weighted by Gasteiger charge is 2.18. The maximum atomic E-state index is 6.31. The molecule has 3 rings (SSSR count). The zero-order valence-electron chi connectivity index (χ0n) is 10.5. The number of nitrogens with zero attached hydrogens (tertiary/aromatic N) is 2. The molecule has 2 N–H and O–H groups in total. The van der Waals surface area contributed by atoms with Gasteiger partial charge in [-0.05, 0) is 23.8 Å². The van der Waals surface area contributed by atoms with Gasteiger partial charge in [-0.1, -0.05) is 41.9 Å². The molecule has 3 nitrogen and oxygen atoms in total. The van der Waals surface area contributed by atoms with Crippen molar-refractivity contribution in [2.75, 3.05) is 0 Å². The van der Waals surface area contributed by atoms with Crippen LogP contribution in [0.3, 0.4) is 0 Å². The van der Waals surface area contributed by atoms with E-state index in [0.29, 0.717) is 5.02 Å². The molecule has 96 valence electrons. The van der Waals surface area contributed by atoms with E-state index in [9.17, 15) is 0 Å². The van der Waals surface area contributed by atoms with Gasteiger partial charge < -0.3 is 10.3 Å². The van der Waals surface area contributed by atoms with Gasteiger partial charge in [0.2, 0.25) is 0 Å². The monoisotopic (exact) mass is 271 g/mol. The van der Waals surface area contributed by atoms with Crippen LogP contribution in [-0.4, -0.2) is 9.55 Å². The molecule has 1 atom stereocenters. The van der Waals surface area contributed by atoms with Gasteiger partial charge in [0.25, 0.3) is 0 Å². The molecule has 0 aliphatic heterocycles. The first kappa shape index (κ1) is 12.2. The summed E-state index contributed by atoms with van der Waals surface area (Å²) < 4.78 is 2.02. The summed E-state index contributed by atoms with van der Waals surface area (Å²) in [6, 6.07) is 15.3. The Labute approximate surface area is 116 Å². The molecular formula is C15H14ClN3. The molecule has 2 aromatic carbocycles. The van der Waals surface area contributed by atoms with Gasteiger partial charge >= 0.3 is 0 Å². The molecular weight excluding hydrogens is 258 g/mol. The van der Waals surface area contributed by atoms with Crippen LogP contribution in [-0.2, 0) is 7.05 Å². The highest BCUT2D eigenvalue weighted by molar-refractivity contribution is 6.31. The minimum absolute atomic E-state index is 0.328. The first-order chi connectivity index (χ1) is 9.18.